The van der Waals surface area contributed by atoms with Gasteiger partial charge in [-0.3, -0.25) is 14.4 Å². The van der Waals surface area contributed by atoms with E-state index in [1.165, 1.54) is 0 Å². The summed E-state index contributed by atoms with van der Waals surface area (Å²) in [5, 5.41) is 2.87. The Morgan fingerprint density at radius 1 is 1.04 bits per heavy atom. The largest absolute Gasteiger partial charge is 0.340 e. The number of benzene rings is 1. The first-order valence-corrected chi connectivity index (χ1v) is 9.56. The smallest absolute Gasteiger partial charge is 0.253 e. The van der Waals surface area contributed by atoms with E-state index in [2.05, 4.69) is 5.32 Å². The highest BCUT2D eigenvalue weighted by Gasteiger charge is 2.39. The van der Waals surface area contributed by atoms with Crippen molar-refractivity contribution in [2.75, 3.05) is 31.5 Å². The molecule has 3 rings (SSSR count). The summed E-state index contributed by atoms with van der Waals surface area (Å²) in [5.74, 6) is 0.0341. The molecule has 1 N–H and O–H groups in total. The number of fused-ring (bicyclic) bond motifs is 1. The fraction of sp³-hybridized carbons (Fsp3) is 0.571. The van der Waals surface area contributed by atoms with Crippen LogP contribution in [0.4, 0.5) is 5.69 Å². The molecule has 1 aromatic carbocycles. The second kappa shape index (κ2) is 6.66. The highest BCUT2D eigenvalue weighted by atomic mass is 16.2. The molecule has 3 amide bonds. The maximum atomic E-state index is 13.0. The van der Waals surface area contributed by atoms with E-state index < -0.39 is 10.8 Å². The van der Waals surface area contributed by atoms with Crippen molar-refractivity contribution in [2.45, 2.75) is 46.5 Å². The number of hydrogen-bond donors (Lipinski definition) is 1. The van der Waals surface area contributed by atoms with Crippen molar-refractivity contribution in [1.82, 2.24) is 9.80 Å². The Labute approximate surface area is 160 Å². The molecule has 0 atom stereocenters. The Bertz CT molecular complexity index is 792. The van der Waals surface area contributed by atoms with Gasteiger partial charge >= 0.3 is 0 Å². The fourth-order valence-corrected chi connectivity index (χ4v) is 3.68. The standard InChI is InChI=1S/C21H29N3O3/c1-20(2,3)19(27)24-10-6-9-23(11-12-24)17(25)14-7-8-16-15(13-14)21(4,5)18(26)22-16/h7-8,13H,6,9-12H2,1-5H3,(H,22,26). The highest BCUT2D eigenvalue weighted by molar-refractivity contribution is 6.07. The first-order valence-electron chi connectivity index (χ1n) is 9.56. The van der Waals surface area contributed by atoms with E-state index in [1.807, 2.05) is 56.6 Å². The van der Waals surface area contributed by atoms with Crippen molar-refractivity contribution in [2.24, 2.45) is 5.41 Å². The minimum absolute atomic E-state index is 0.0435. The summed E-state index contributed by atoms with van der Waals surface area (Å²) >= 11 is 0. The maximum absolute atomic E-state index is 13.0. The fourth-order valence-electron chi connectivity index (χ4n) is 3.68. The minimum Gasteiger partial charge on any atom is -0.340 e. The lowest BCUT2D eigenvalue weighted by atomic mass is 9.85. The van der Waals surface area contributed by atoms with Gasteiger partial charge in [-0.2, -0.15) is 0 Å². The van der Waals surface area contributed by atoms with Crippen LogP contribution >= 0.6 is 0 Å². The van der Waals surface area contributed by atoms with Crippen LogP contribution in [0.5, 0.6) is 0 Å². The molecule has 6 nitrogen and oxygen atoms in total. The molecule has 1 saturated heterocycles. The van der Waals surface area contributed by atoms with E-state index in [-0.39, 0.29) is 17.7 Å². The van der Waals surface area contributed by atoms with Gasteiger partial charge in [0.05, 0.1) is 5.41 Å². The summed E-state index contributed by atoms with van der Waals surface area (Å²) in [6.07, 6.45) is 0.768. The van der Waals surface area contributed by atoms with Crippen molar-refractivity contribution in [3.8, 4) is 0 Å². The van der Waals surface area contributed by atoms with E-state index in [1.54, 1.807) is 6.07 Å². The normalized spacial score (nSPS) is 19.4. The highest BCUT2D eigenvalue weighted by Crippen LogP contribution is 2.37. The molecule has 27 heavy (non-hydrogen) atoms. The van der Waals surface area contributed by atoms with E-state index >= 15 is 0 Å². The van der Waals surface area contributed by atoms with Crippen LogP contribution in [0.1, 0.15) is 57.0 Å². The summed E-state index contributed by atoms with van der Waals surface area (Å²) in [4.78, 5) is 41.4. The van der Waals surface area contributed by atoms with Crippen molar-refractivity contribution in [1.29, 1.82) is 0 Å². The van der Waals surface area contributed by atoms with Crippen LogP contribution in [0.15, 0.2) is 18.2 Å². The summed E-state index contributed by atoms with van der Waals surface area (Å²) in [6.45, 7) is 11.9. The average Bonchev–Trinajstić information content (AvgIpc) is 2.77. The number of rotatable bonds is 1. The van der Waals surface area contributed by atoms with Gasteiger partial charge in [0.2, 0.25) is 11.8 Å². The Balaban J connectivity index is 1.75. The number of amides is 3. The predicted molar refractivity (Wildman–Crippen MR) is 105 cm³/mol. The molecule has 0 saturated carbocycles. The van der Waals surface area contributed by atoms with E-state index in [0.717, 1.165) is 17.7 Å². The van der Waals surface area contributed by atoms with Gasteiger partial charge < -0.3 is 15.1 Å². The maximum Gasteiger partial charge on any atom is 0.253 e. The third-order valence-electron chi connectivity index (χ3n) is 5.47. The monoisotopic (exact) mass is 371 g/mol. The summed E-state index contributed by atoms with van der Waals surface area (Å²) in [7, 11) is 0. The zero-order valence-electron chi connectivity index (χ0n) is 16.9. The molecule has 0 bridgehead atoms. The lowest BCUT2D eigenvalue weighted by Crippen LogP contribution is -2.42. The van der Waals surface area contributed by atoms with E-state index in [4.69, 9.17) is 0 Å². The average molecular weight is 371 g/mol. The van der Waals surface area contributed by atoms with E-state index in [0.29, 0.717) is 31.7 Å². The lowest BCUT2D eigenvalue weighted by Gasteiger charge is -2.28. The molecule has 0 spiro atoms. The second-order valence-corrected chi connectivity index (χ2v) is 9.03. The van der Waals surface area contributed by atoms with Crippen molar-refractivity contribution in [3.05, 3.63) is 29.3 Å². The SMILES string of the molecule is CC(C)(C)C(=O)N1CCCN(C(=O)c2ccc3c(c2)C(C)(C)C(=O)N3)CC1. The van der Waals surface area contributed by atoms with Gasteiger partial charge in [0, 0.05) is 42.8 Å². The molecule has 1 fully saturated rings. The Kier molecular flexibility index (Phi) is 4.78. The van der Waals surface area contributed by atoms with Crippen LogP contribution in [0.25, 0.3) is 0 Å². The van der Waals surface area contributed by atoms with E-state index in [9.17, 15) is 14.4 Å². The van der Waals surface area contributed by atoms with Gasteiger partial charge in [0.1, 0.15) is 0 Å². The van der Waals surface area contributed by atoms with Crippen LogP contribution < -0.4 is 5.32 Å². The van der Waals surface area contributed by atoms with Gasteiger partial charge in [-0.05, 0) is 44.0 Å². The quantitative estimate of drug-likeness (QED) is 0.825. The van der Waals surface area contributed by atoms with Gasteiger partial charge in [-0.15, -0.1) is 0 Å². The van der Waals surface area contributed by atoms with Crippen LogP contribution in [0, 0.1) is 5.41 Å². The molecule has 0 aromatic heterocycles. The Morgan fingerprint density at radius 3 is 2.33 bits per heavy atom. The van der Waals surface area contributed by atoms with Crippen LogP contribution in [-0.4, -0.2) is 53.7 Å². The second-order valence-electron chi connectivity index (χ2n) is 9.03. The van der Waals surface area contributed by atoms with Gasteiger partial charge in [-0.25, -0.2) is 0 Å². The number of nitrogens with zero attached hydrogens (tertiary/aromatic N) is 2. The van der Waals surface area contributed by atoms with Crippen LogP contribution in [-0.2, 0) is 15.0 Å². The van der Waals surface area contributed by atoms with Crippen molar-refractivity contribution >= 4 is 23.4 Å². The predicted octanol–water partition coefficient (Wildman–Crippen LogP) is 2.64. The third kappa shape index (κ3) is 3.57. The van der Waals surface area contributed by atoms with Gasteiger partial charge in [0.15, 0.2) is 0 Å². The van der Waals surface area contributed by atoms with Gasteiger partial charge in [-0.1, -0.05) is 20.8 Å². The molecule has 2 aliphatic rings. The van der Waals surface area contributed by atoms with Crippen molar-refractivity contribution < 1.29 is 14.4 Å². The molecule has 1 aromatic rings. The zero-order valence-corrected chi connectivity index (χ0v) is 16.9. The Morgan fingerprint density at radius 2 is 1.67 bits per heavy atom. The number of carbonyl (C=O) groups excluding carboxylic acids is 3. The molecule has 0 aliphatic carbocycles. The first-order chi connectivity index (χ1) is 12.5. The molecule has 6 heteroatoms. The number of nitrogens with one attached hydrogen (secondary N) is 1. The van der Waals surface area contributed by atoms with Crippen LogP contribution in [0.2, 0.25) is 0 Å². The lowest BCUT2D eigenvalue weighted by molar-refractivity contribution is -0.139. The molecule has 0 radical (unpaired) electrons. The molecule has 2 aliphatic heterocycles. The molecule has 2 heterocycles. The third-order valence-corrected chi connectivity index (χ3v) is 5.47. The van der Waals surface area contributed by atoms with Crippen LogP contribution in [0.3, 0.4) is 0 Å². The summed E-state index contributed by atoms with van der Waals surface area (Å²) in [6, 6.07) is 5.41. The number of anilines is 1. The number of hydrogen-bond acceptors (Lipinski definition) is 3. The zero-order chi connectivity index (χ0) is 20.0. The first kappa shape index (κ1) is 19.4. The van der Waals surface area contributed by atoms with Gasteiger partial charge in [0.25, 0.3) is 5.91 Å². The minimum atomic E-state index is -0.639. The molecular weight excluding hydrogens is 342 g/mol. The summed E-state index contributed by atoms with van der Waals surface area (Å²) in [5.41, 5.74) is 1.18. The topological polar surface area (TPSA) is 69.7 Å². The van der Waals surface area contributed by atoms with Crippen molar-refractivity contribution in [3.63, 3.8) is 0 Å². The Hall–Kier alpha value is -2.37. The molecule has 146 valence electrons. The molecular formula is C21H29N3O3. The molecule has 0 unspecified atom stereocenters. The summed E-state index contributed by atoms with van der Waals surface area (Å²) < 4.78 is 0. The number of carbonyl (C=O) groups is 3.